The third-order valence-electron chi connectivity index (χ3n) is 2.39. The highest BCUT2D eigenvalue weighted by molar-refractivity contribution is 5.65. The molecule has 1 aromatic carbocycles. The maximum absolute atomic E-state index is 9.47. The van der Waals surface area contributed by atoms with E-state index in [1.807, 2.05) is 0 Å². The zero-order valence-corrected chi connectivity index (χ0v) is 9.14. The largest absolute Gasteiger partial charge is 0.504 e. The van der Waals surface area contributed by atoms with Crippen molar-refractivity contribution in [1.29, 1.82) is 0 Å². The molecule has 0 aliphatic rings. The molecule has 1 aromatic heterocycles. The van der Waals surface area contributed by atoms with Gasteiger partial charge in [-0.3, -0.25) is 4.68 Å². The van der Waals surface area contributed by atoms with Crippen molar-refractivity contribution in [2.75, 3.05) is 12.8 Å². The molecule has 0 saturated heterocycles. The van der Waals surface area contributed by atoms with Crippen molar-refractivity contribution >= 4 is 5.82 Å². The van der Waals surface area contributed by atoms with E-state index >= 15 is 0 Å². The fourth-order valence-electron chi connectivity index (χ4n) is 1.46. The zero-order chi connectivity index (χ0) is 11.7. The highest BCUT2D eigenvalue weighted by Gasteiger charge is 2.08. The van der Waals surface area contributed by atoms with Crippen molar-refractivity contribution in [3.05, 3.63) is 24.3 Å². The molecule has 0 spiro atoms. The Morgan fingerprint density at radius 2 is 2.12 bits per heavy atom. The number of nitrogen functional groups attached to an aromatic ring is 1. The first-order valence-electron chi connectivity index (χ1n) is 4.78. The number of aryl methyl sites for hydroxylation is 1. The van der Waals surface area contributed by atoms with Gasteiger partial charge in [0.25, 0.3) is 0 Å². The minimum atomic E-state index is 0.107. The topological polar surface area (TPSA) is 73.3 Å². The predicted molar refractivity (Wildman–Crippen MR) is 61.3 cm³/mol. The molecular formula is C11H13N3O2. The Kier molecular flexibility index (Phi) is 2.44. The molecule has 5 heteroatoms. The van der Waals surface area contributed by atoms with Crippen LogP contribution in [0, 0.1) is 0 Å². The number of hydrogen-bond donors (Lipinski definition) is 2. The van der Waals surface area contributed by atoms with Gasteiger partial charge in [0.05, 0.1) is 12.8 Å². The molecule has 1 heterocycles. The van der Waals surface area contributed by atoms with Crippen LogP contribution in [0.25, 0.3) is 11.3 Å². The van der Waals surface area contributed by atoms with E-state index in [-0.39, 0.29) is 5.75 Å². The van der Waals surface area contributed by atoms with Gasteiger partial charge in [0.15, 0.2) is 11.5 Å². The summed E-state index contributed by atoms with van der Waals surface area (Å²) in [6.45, 7) is 0. The van der Waals surface area contributed by atoms with Crippen LogP contribution in [0.15, 0.2) is 24.3 Å². The minimum Gasteiger partial charge on any atom is -0.504 e. The molecule has 0 fully saturated rings. The molecule has 2 rings (SSSR count). The smallest absolute Gasteiger partial charge is 0.161 e. The number of ether oxygens (including phenoxy) is 1. The number of benzene rings is 1. The molecule has 0 amide bonds. The summed E-state index contributed by atoms with van der Waals surface area (Å²) in [5.74, 6) is 1.11. The van der Waals surface area contributed by atoms with E-state index < -0.39 is 0 Å². The second-order valence-electron chi connectivity index (χ2n) is 3.46. The van der Waals surface area contributed by atoms with Crippen LogP contribution in [0.1, 0.15) is 0 Å². The van der Waals surface area contributed by atoms with E-state index in [1.165, 1.54) is 7.11 Å². The minimum absolute atomic E-state index is 0.107. The van der Waals surface area contributed by atoms with Gasteiger partial charge in [-0.1, -0.05) is 0 Å². The van der Waals surface area contributed by atoms with Gasteiger partial charge in [0.2, 0.25) is 0 Å². The van der Waals surface area contributed by atoms with Crippen LogP contribution in [0.2, 0.25) is 0 Å². The predicted octanol–water partition coefficient (Wildman–Crippen LogP) is 1.38. The van der Waals surface area contributed by atoms with Gasteiger partial charge in [-0.15, -0.1) is 0 Å². The summed E-state index contributed by atoms with van der Waals surface area (Å²) >= 11 is 0. The van der Waals surface area contributed by atoms with E-state index in [9.17, 15) is 5.11 Å². The molecule has 0 saturated carbocycles. The lowest BCUT2D eigenvalue weighted by Crippen LogP contribution is -1.96. The summed E-state index contributed by atoms with van der Waals surface area (Å²) in [6, 6.07) is 6.82. The number of nitrogens with two attached hydrogens (primary N) is 1. The van der Waals surface area contributed by atoms with Crippen LogP contribution in [0.4, 0.5) is 5.82 Å². The van der Waals surface area contributed by atoms with Crippen LogP contribution in [-0.4, -0.2) is 22.0 Å². The van der Waals surface area contributed by atoms with Gasteiger partial charge >= 0.3 is 0 Å². The molecule has 16 heavy (non-hydrogen) atoms. The number of nitrogens with zero attached hydrogens (tertiary/aromatic N) is 2. The third-order valence-corrected chi connectivity index (χ3v) is 2.39. The average Bonchev–Trinajstić information content (AvgIpc) is 2.60. The fraction of sp³-hybridized carbons (Fsp3) is 0.182. The van der Waals surface area contributed by atoms with Crippen molar-refractivity contribution < 1.29 is 9.84 Å². The molecule has 0 aliphatic heterocycles. The molecule has 5 nitrogen and oxygen atoms in total. The van der Waals surface area contributed by atoms with E-state index in [4.69, 9.17) is 10.5 Å². The summed E-state index contributed by atoms with van der Waals surface area (Å²) in [7, 11) is 3.28. The van der Waals surface area contributed by atoms with E-state index in [2.05, 4.69) is 5.10 Å². The van der Waals surface area contributed by atoms with Gasteiger partial charge in [-0.2, -0.15) is 5.10 Å². The first-order chi connectivity index (χ1) is 7.61. The summed E-state index contributed by atoms with van der Waals surface area (Å²) in [6.07, 6.45) is 0. The summed E-state index contributed by atoms with van der Waals surface area (Å²) in [5.41, 5.74) is 7.30. The van der Waals surface area contributed by atoms with Crippen molar-refractivity contribution in [1.82, 2.24) is 9.78 Å². The number of rotatable bonds is 2. The van der Waals surface area contributed by atoms with E-state index in [0.717, 1.165) is 11.3 Å². The maximum Gasteiger partial charge on any atom is 0.161 e. The van der Waals surface area contributed by atoms with E-state index in [1.54, 1.807) is 36.0 Å². The highest BCUT2D eigenvalue weighted by Crippen LogP contribution is 2.31. The van der Waals surface area contributed by atoms with Gasteiger partial charge in [0, 0.05) is 18.7 Å². The Labute approximate surface area is 93.1 Å². The number of anilines is 1. The Balaban J connectivity index is 2.48. The van der Waals surface area contributed by atoms with Crippen LogP contribution in [0.5, 0.6) is 11.5 Å². The van der Waals surface area contributed by atoms with Crippen molar-refractivity contribution in [3.8, 4) is 22.8 Å². The SMILES string of the molecule is COc1cc(-c2cc(N)n(C)n2)ccc1O. The zero-order valence-electron chi connectivity index (χ0n) is 9.14. The van der Waals surface area contributed by atoms with Gasteiger partial charge in [-0.25, -0.2) is 0 Å². The quantitative estimate of drug-likeness (QED) is 0.800. The lowest BCUT2D eigenvalue weighted by atomic mass is 10.1. The first-order valence-corrected chi connectivity index (χ1v) is 4.78. The second kappa shape index (κ2) is 3.77. The van der Waals surface area contributed by atoms with E-state index in [0.29, 0.717) is 11.6 Å². The average molecular weight is 219 g/mol. The monoisotopic (exact) mass is 219 g/mol. The van der Waals surface area contributed by atoms with Gasteiger partial charge in [-0.05, 0) is 18.2 Å². The molecule has 3 N–H and O–H groups in total. The Bertz CT molecular complexity index is 500. The summed E-state index contributed by atoms with van der Waals surface area (Å²) < 4.78 is 6.62. The van der Waals surface area contributed by atoms with Gasteiger partial charge in [0.1, 0.15) is 5.82 Å². The number of methoxy groups -OCH3 is 1. The number of phenols is 1. The van der Waals surface area contributed by atoms with Crippen LogP contribution >= 0.6 is 0 Å². The van der Waals surface area contributed by atoms with Crippen LogP contribution in [0.3, 0.4) is 0 Å². The molecule has 0 radical (unpaired) electrons. The Morgan fingerprint density at radius 3 is 2.69 bits per heavy atom. The van der Waals surface area contributed by atoms with Gasteiger partial charge < -0.3 is 15.6 Å². The summed E-state index contributed by atoms with van der Waals surface area (Å²) in [4.78, 5) is 0. The Morgan fingerprint density at radius 1 is 1.38 bits per heavy atom. The number of aromatic nitrogens is 2. The fourth-order valence-corrected chi connectivity index (χ4v) is 1.46. The molecule has 0 atom stereocenters. The lowest BCUT2D eigenvalue weighted by molar-refractivity contribution is 0.373. The van der Waals surface area contributed by atoms with Crippen LogP contribution < -0.4 is 10.5 Å². The lowest BCUT2D eigenvalue weighted by Gasteiger charge is -2.04. The first kappa shape index (κ1) is 10.4. The summed E-state index contributed by atoms with van der Waals surface area (Å²) in [5, 5.41) is 13.7. The Hall–Kier alpha value is -2.17. The molecule has 0 aliphatic carbocycles. The number of aromatic hydroxyl groups is 1. The number of phenolic OH excluding ortho intramolecular Hbond substituents is 1. The molecule has 0 bridgehead atoms. The van der Waals surface area contributed by atoms with Crippen molar-refractivity contribution in [2.45, 2.75) is 0 Å². The van der Waals surface area contributed by atoms with Crippen LogP contribution in [-0.2, 0) is 7.05 Å². The molecule has 2 aromatic rings. The van der Waals surface area contributed by atoms with Crippen molar-refractivity contribution in [2.24, 2.45) is 7.05 Å². The molecule has 84 valence electrons. The standard InChI is InChI=1S/C11H13N3O2/c1-14-11(12)6-8(13-14)7-3-4-9(15)10(5-7)16-2/h3-6,15H,12H2,1-2H3. The van der Waals surface area contributed by atoms with Crippen molar-refractivity contribution in [3.63, 3.8) is 0 Å². The third kappa shape index (κ3) is 1.67. The normalized spacial score (nSPS) is 10.4. The molecule has 0 unspecified atom stereocenters. The number of hydrogen-bond acceptors (Lipinski definition) is 4. The highest BCUT2D eigenvalue weighted by atomic mass is 16.5. The maximum atomic E-state index is 9.47. The molecular weight excluding hydrogens is 206 g/mol. The second-order valence-corrected chi connectivity index (χ2v) is 3.46.